The van der Waals surface area contributed by atoms with Crippen molar-refractivity contribution < 1.29 is 4.79 Å². The Hall–Kier alpha value is -0.370. The van der Waals surface area contributed by atoms with E-state index >= 15 is 0 Å². The predicted octanol–water partition coefficient (Wildman–Crippen LogP) is 2.48. The first-order valence-corrected chi connectivity index (χ1v) is 5.84. The molecule has 2 atom stereocenters. The number of hydrogen-bond donors (Lipinski definition) is 0. The zero-order valence-electron chi connectivity index (χ0n) is 9.75. The molecule has 0 amide bonds. The Balaban J connectivity index is 2.42. The molecule has 0 heterocycles. The number of Topliss-reactive ketones (excluding diaryl/α,β-unsaturated/α-hetero) is 1. The number of ketones is 1. The smallest absolute Gasteiger partial charge is 0.136 e. The second-order valence-corrected chi connectivity index (χ2v) is 4.70. The third-order valence-corrected chi connectivity index (χ3v) is 3.37. The minimum atomic E-state index is 0.357. The van der Waals surface area contributed by atoms with Crippen molar-refractivity contribution in [3.63, 3.8) is 0 Å². The molecule has 2 unspecified atom stereocenters. The van der Waals surface area contributed by atoms with Crippen LogP contribution in [0.15, 0.2) is 0 Å². The normalized spacial score (nSPS) is 28.4. The van der Waals surface area contributed by atoms with Crippen LogP contribution in [0.5, 0.6) is 0 Å². The summed E-state index contributed by atoms with van der Waals surface area (Å²) in [5.74, 6) is 0.868. The number of unbranched alkanes of at least 4 members (excludes halogenated alkanes) is 1. The van der Waals surface area contributed by atoms with Crippen molar-refractivity contribution in [1.82, 2.24) is 4.90 Å². The first-order valence-electron chi connectivity index (χ1n) is 5.84. The molecule has 0 saturated heterocycles. The van der Waals surface area contributed by atoms with Crippen molar-refractivity contribution in [2.45, 2.75) is 51.5 Å². The van der Waals surface area contributed by atoms with E-state index in [4.69, 9.17) is 0 Å². The Labute approximate surface area is 87.7 Å². The summed E-state index contributed by atoms with van der Waals surface area (Å²) in [4.78, 5) is 13.9. The van der Waals surface area contributed by atoms with Crippen molar-refractivity contribution in [2.24, 2.45) is 5.92 Å². The van der Waals surface area contributed by atoms with Gasteiger partial charge in [0, 0.05) is 18.4 Å². The van der Waals surface area contributed by atoms with E-state index in [-0.39, 0.29) is 0 Å². The van der Waals surface area contributed by atoms with Gasteiger partial charge in [0.05, 0.1) is 0 Å². The Bertz CT molecular complexity index is 189. The van der Waals surface area contributed by atoms with Crippen molar-refractivity contribution in [3.05, 3.63) is 0 Å². The molecule has 1 rings (SSSR count). The summed E-state index contributed by atoms with van der Waals surface area (Å²) in [5, 5.41) is 0. The third kappa shape index (κ3) is 3.09. The van der Waals surface area contributed by atoms with Crippen LogP contribution in [-0.4, -0.2) is 30.8 Å². The van der Waals surface area contributed by atoms with Gasteiger partial charge in [-0.1, -0.05) is 19.8 Å². The second kappa shape index (κ2) is 5.50. The van der Waals surface area contributed by atoms with E-state index in [0.29, 0.717) is 17.7 Å². The van der Waals surface area contributed by atoms with E-state index in [9.17, 15) is 4.79 Å². The maximum Gasteiger partial charge on any atom is 0.136 e. The van der Waals surface area contributed by atoms with Gasteiger partial charge < -0.3 is 4.90 Å². The molecule has 2 heteroatoms. The molecule has 0 bridgehead atoms. The van der Waals surface area contributed by atoms with E-state index in [0.717, 1.165) is 25.7 Å². The molecule has 1 aliphatic carbocycles. The standard InChI is InChI=1S/C12H23NO/c1-4-5-6-10-9-11(13(2)3)7-8-12(10)14/h10-11H,4-9H2,1-3H3. The molecule has 0 aromatic carbocycles. The molecule has 0 radical (unpaired) electrons. The molecule has 1 saturated carbocycles. The van der Waals surface area contributed by atoms with E-state index in [1.54, 1.807) is 0 Å². The zero-order chi connectivity index (χ0) is 10.6. The number of carbonyl (C=O) groups is 1. The van der Waals surface area contributed by atoms with Gasteiger partial charge in [0.25, 0.3) is 0 Å². The fourth-order valence-corrected chi connectivity index (χ4v) is 2.29. The zero-order valence-corrected chi connectivity index (χ0v) is 9.75. The van der Waals surface area contributed by atoms with Gasteiger partial charge in [-0.25, -0.2) is 0 Å². The minimum Gasteiger partial charge on any atom is -0.306 e. The van der Waals surface area contributed by atoms with Crippen LogP contribution in [0.25, 0.3) is 0 Å². The van der Waals surface area contributed by atoms with Crippen LogP contribution in [-0.2, 0) is 4.79 Å². The van der Waals surface area contributed by atoms with Gasteiger partial charge in [-0.05, 0) is 33.4 Å². The molecule has 1 aliphatic rings. The van der Waals surface area contributed by atoms with Gasteiger partial charge in [-0.15, -0.1) is 0 Å². The van der Waals surface area contributed by atoms with Crippen LogP contribution in [0.4, 0.5) is 0 Å². The first-order chi connectivity index (χ1) is 6.65. The highest BCUT2D eigenvalue weighted by Crippen LogP contribution is 2.27. The maximum atomic E-state index is 11.6. The molecule has 82 valence electrons. The lowest BCUT2D eigenvalue weighted by molar-refractivity contribution is -0.126. The summed E-state index contributed by atoms with van der Waals surface area (Å²) in [6.07, 6.45) is 6.48. The molecule has 14 heavy (non-hydrogen) atoms. The van der Waals surface area contributed by atoms with E-state index in [1.807, 2.05) is 0 Å². The summed E-state index contributed by atoms with van der Waals surface area (Å²) in [6.45, 7) is 2.19. The molecule has 0 aromatic rings. The molecule has 1 fully saturated rings. The summed E-state index contributed by atoms with van der Waals surface area (Å²) >= 11 is 0. The lowest BCUT2D eigenvalue weighted by atomic mass is 9.81. The highest BCUT2D eigenvalue weighted by atomic mass is 16.1. The van der Waals surface area contributed by atoms with Crippen LogP contribution in [0.1, 0.15) is 45.4 Å². The van der Waals surface area contributed by atoms with Crippen LogP contribution >= 0.6 is 0 Å². The average Bonchev–Trinajstić information content (AvgIpc) is 2.16. The van der Waals surface area contributed by atoms with Crippen molar-refractivity contribution in [2.75, 3.05) is 14.1 Å². The van der Waals surface area contributed by atoms with Crippen LogP contribution in [0.3, 0.4) is 0 Å². The summed E-state index contributed by atoms with van der Waals surface area (Å²) in [7, 11) is 4.24. The van der Waals surface area contributed by atoms with Gasteiger partial charge in [0.1, 0.15) is 5.78 Å². The number of carbonyl (C=O) groups excluding carboxylic acids is 1. The fraction of sp³-hybridized carbons (Fsp3) is 0.917. The maximum absolute atomic E-state index is 11.6. The lowest BCUT2D eigenvalue weighted by Crippen LogP contribution is -2.37. The first kappa shape index (κ1) is 11.7. The number of nitrogens with zero attached hydrogens (tertiary/aromatic N) is 1. The van der Waals surface area contributed by atoms with Gasteiger partial charge in [0.2, 0.25) is 0 Å². The topological polar surface area (TPSA) is 20.3 Å². The predicted molar refractivity (Wildman–Crippen MR) is 59.3 cm³/mol. The van der Waals surface area contributed by atoms with Crippen molar-refractivity contribution in [1.29, 1.82) is 0 Å². The SMILES string of the molecule is CCCCC1CC(N(C)C)CCC1=O. The van der Waals surface area contributed by atoms with Crippen molar-refractivity contribution in [3.8, 4) is 0 Å². The Morgan fingerprint density at radius 1 is 1.43 bits per heavy atom. The van der Waals surface area contributed by atoms with Crippen LogP contribution in [0, 0.1) is 5.92 Å². The van der Waals surface area contributed by atoms with Crippen LogP contribution < -0.4 is 0 Å². The summed E-state index contributed by atoms with van der Waals surface area (Å²) < 4.78 is 0. The second-order valence-electron chi connectivity index (χ2n) is 4.70. The number of rotatable bonds is 4. The Kier molecular flexibility index (Phi) is 4.59. The number of hydrogen-bond acceptors (Lipinski definition) is 2. The lowest BCUT2D eigenvalue weighted by Gasteiger charge is -2.32. The monoisotopic (exact) mass is 197 g/mol. The summed E-state index contributed by atoms with van der Waals surface area (Å²) in [6, 6.07) is 0.634. The molecule has 0 aliphatic heterocycles. The van der Waals surface area contributed by atoms with Gasteiger partial charge >= 0.3 is 0 Å². The van der Waals surface area contributed by atoms with Crippen molar-refractivity contribution >= 4 is 5.78 Å². The molecule has 2 nitrogen and oxygen atoms in total. The minimum absolute atomic E-state index is 0.357. The quantitative estimate of drug-likeness (QED) is 0.690. The molecule has 0 spiro atoms. The van der Waals surface area contributed by atoms with Gasteiger partial charge in [-0.2, -0.15) is 0 Å². The Morgan fingerprint density at radius 2 is 2.14 bits per heavy atom. The average molecular weight is 197 g/mol. The molecular weight excluding hydrogens is 174 g/mol. The highest BCUT2D eigenvalue weighted by molar-refractivity contribution is 5.81. The third-order valence-electron chi connectivity index (χ3n) is 3.37. The molecular formula is C12H23NO. The van der Waals surface area contributed by atoms with Crippen LogP contribution in [0.2, 0.25) is 0 Å². The van der Waals surface area contributed by atoms with Gasteiger partial charge in [0.15, 0.2) is 0 Å². The highest BCUT2D eigenvalue weighted by Gasteiger charge is 2.28. The largest absolute Gasteiger partial charge is 0.306 e. The van der Waals surface area contributed by atoms with E-state index < -0.39 is 0 Å². The fourth-order valence-electron chi connectivity index (χ4n) is 2.29. The van der Waals surface area contributed by atoms with Gasteiger partial charge in [-0.3, -0.25) is 4.79 Å². The summed E-state index contributed by atoms with van der Waals surface area (Å²) in [5.41, 5.74) is 0. The molecule has 0 N–H and O–H groups in total. The Morgan fingerprint density at radius 3 is 2.71 bits per heavy atom. The molecule has 0 aromatic heterocycles. The van der Waals surface area contributed by atoms with E-state index in [1.165, 1.54) is 12.8 Å². The van der Waals surface area contributed by atoms with E-state index in [2.05, 4.69) is 25.9 Å².